The van der Waals surface area contributed by atoms with E-state index < -0.39 is 26.1 Å². The lowest BCUT2D eigenvalue weighted by Gasteiger charge is -2.19. The van der Waals surface area contributed by atoms with Crippen LogP contribution < -0.4 is 19.2 Å². The molecule has 0 saturated heterocycles. The molecular weight excluding hydrogens is 508 g/mol. The van der Waals surface area contributed by atoms with Crippen molar-refractivity contribution in [2.75, 3.05) is 44.5 Å². The van der Waals surface area contributed by atoms with Gasteiger partial charge in [-0.25, -0.2) is 26.3 Å². The van der Waals surface area contributed by atoms with Crippen LogP contribution in [0.25, 0.3) is 21.5 Å². The van der Waals surface area contributed by atoms with Gasteiger partial charge in [-0.2, -0.15) is 0 Å². The number of nitrogens with zero attached hydrogens (tertiary/aromatic N) is 2. The molecule has 1 atom stereocenters. The van der Waals surface area contributed by atoms with Gasteiger partial charge < -0.3 is 9.80 Å². The molecule has 2 N–H and O–H groups in total. The Morgan fingerprint density at radius 2 is 1.03 bits per heavy atom. The number of sulfonamides is 2. The average Bonchev–Trinajstić information content (AvgIpc) is 2.85. The normalized spacial score (nSPS) is 13.1. The minimum Gasteiger partial charge on any atom is -0.377 e. The van der Waals surface area contributed by atoms with Crippen LogP contribution in [-0.4, -0.2) is 57.6 Å². The number of benzene rings is 4. The van der Waals surface area contributed by atoms with Gasteiger partial charge in [-0.3, -0.25) is 0 Å². The molecule has 0 radical (unpaired) electrons. The molecule has 4 rings (SSSR count). The van der Waals surface area contributed by atoms with Crippen LogP contribution in [0, 0.1) is 0 Å². The molecule has 0 saturated carbocycles. The van der Waals surface area contributed by atoms with Gasteiger partial charge in [0.05, 0.1) is 9.79 Å². The predicted octanol–water partition coefficient (Wildman–Crippen LogP) is 3.77. The molecule has 0 heterocycles. The fourth-order valence-corrected chi connectivity index (χ4v) is 7.28. The Kier molecular flexibility index (Phi) is 7.48. The third-order valence-corrected chi connectivity index (χ3v) is 9.33. The van der Waals surface area contributed by atoms with Gasteiger partial charge in [-0.05, 0) is 31.2 Å². The second kappa shape index (κ2) is 10.3. The Labute approximate surface area is 219 Å². The van der Waals surface area contributed by atoms with Gasteiger partial charge in [0.25, 0.3) is 0 Å². The number of anilines is 2. The third-order valence-electron chi connectivity index (χ3n) is 6.20. The van der Waals surface area contributed by atoms with Crippen molar-refractivity contribution in [3.63, 3.8) is 0 Å². The highest BCUT2D eigenvalue weighted by Gasteiger charge is 2.23. The SMILES string of the molecule is CC(CNS(=O)(=O)c1cccc2c(N(C)C)cccc12)NS(=O)(=O)c1cccc2c(N(C)C)cccc12. The van der Waals surface area contributed by atoms with Gasteiger partial charge in [0.1, 0.15) is 0 Å². The Bertz CT molecular complexity index is 1670. The quantitative estimate of drug-likeness (QED) is 0.335. The van der Waals surface area contributed by atoms with Crippen LogP contribution in [0.3, 0.4) is 0 Å². The highest BCUT2D eigenvalue weighted by atomic mass is 32.2. The lowest BCUT2D eigenvalue weighted by Crippen LogP contribution is -2.41. The van der Waals surface area contributed by atoms with Crippen molar-refractivity contribution < 1.29 is 16.8 Å². The molecule has 4 aromatic carbocycles. The van der Waals surface area contributed by atoms with Gasteiger partial charge in [-0.15, -0.1) is 0 Å². The summed E-state index contributed by atoms with van der Waals surface area (Å²) in [5, 5.41) is 2.83. The van der Waals surface area contributed by atoms with Gasteiger partial charge in [0, 0.05) is 73.7 Å². The van der Waals surface area contributed by atoms with Crippen molar-refractivity contribution in [2.45, 2.75) is 22.8 Å². The number of nitrogens with one attached hydrogen (secondary N) is 2. The summed E-state index contributed by atoms with van der Waals surface area (Å²) >= 11 is 0. The maximum absolute atomic E-state index is 13.3. The van der Waals surface area contributed by atoms with E-state index in [-0.39, 0.29) is 16.3 Å². The van der Waals surface area contributed by atoms with E-state index in [1.807, 2.05) is 74.4 Å². The number of fused-ring (bicyclic) bond motifs is 2. The number of hydrogen-bond donors (Lipinski definition) is 2. The smallest absolute Gasteiger partial charge is 0.241 e. The van der Waals surface area contributed by atoms with E-state index in [0.717, 1.165) is 22.1 Å². The first-order valence-corrected chi connectivity index (χ1v) is 14.8. The van der Waals surface area contributed by atoms with E-state index >= 15 is 0 Å². The van der Waals surface area contributed by atoms with Crippen LogP contribution in [0.5, 0.6) is 0 Å². The summed E-state index contributed by atoms with van der Waals surface area (Å²) in [6.45, 7) is 1.52. The molecule has 1 unspecified atom stereocenters. The molecule has 196 valence electrons. The third kappa shape index (κ3) is 5.42. The van der Waals surface area contributed by atoms with Crippen LogP contribution in [0.2, 0.25) is 0 Å². The zero-order valence-electron chi connectivity index (χ0n) is 21.6. The molecule has 0 aliphatic rings. The fraction of sp³-hybridized carbons (Fsp3) is 0.259. The van der Waals surface area contributed by atoms with Gasteiger partial charge in [0.15, 0.2) is 0 Å². The largest absolute Gasteiger partial charge is 0.377 e. The Balaban J connectivity index is 1.57. The minimum atomic E-state index is -3.92. The second-order valence-electron chi connectivity index (χ2n) is 9.42. The van der Waals surface area contributed by atoms with Crippen LogP contribution >= 0.6 is 0 Å². The van der Waals surface area contributed by atoms with E-state index in [9.17, 15) is 16.8 Å². The van der Waals surface area contributed by atoms with Crippen molar-refractivity contribution >= 4 is 53.0 Å². The Hall–Kier alpha value is -3.18. The lowest BCUT2D eigenvalue weighted by molar-refractivity contribution is 0.546. The molecule has 0 aliphatic carbocycles. The molecule has 0 spiro atoms. The Morgan fingerprint density at radius 3 is 1.49 bits per heavy atom. The first-order valence-electron chi connectivity index (χ1n) is 11.8. The molecule has 8 nitrogen and oxygen atoms in total. The van der Waals surface area contributed by atoms with E-state index in [0.29, 0.717) is 10.8 Å². The first kappa shape index (κ1) is 26.9. The molecule has 4 aromatic rings. The molecule has 0 bridgehead atoms. The molecule has 10 heteroatoms. The average molecular weight is 541 g/mol. The summed E-state index contributed by atoms with van der Waals surface area (Å²) in [6.07, 6.45) is 0. The topological polar surface area (TPSA) is 98.8 Å². The summed E-state index contributed by atoms with van der Waals surface area (Å²) in [7, 11) is -0.214. The van der Waals surface area contributed by atoms with E-state index in [4.69, 9.17) is 0 Å². The summed E-state index contributed by atoms with van der Waals surface area (Å²) in [4.78, 5) is 4.15. The van der Waals surface area contributed by atoms with Crippen molar-refractivity contribution in [3.05, 3.63) is 72.8 Å². The highest BCUT2D eigenvalue weighted by molar-refractivity contribution is 7.90. The van der Waals surface area contributed by atoms with Crippen molar-refractivity contribution in [2.24, 2.45) is 0 Å². The Morgan fingerprint density at radius 1 is 0.622 bits per heavy atom. The van der Waals surface area contributed by atoms with E-state index in [2.05, 4.69) is 9.44 Å². The minimum absolute atomic E-state index is 0.112. The molecule has 0 amide bonds. The van der Waals surface area contributed by atoms with E-state index in [1.54, 1.807) is 43.3 Å². The molecule has 0 fully saturated rings. The predicted molar refractivity (Wildman–Crippen MR) is 152 cm³/mol. The summed E-state index contributed by atoms with van der Waals surface area (Å²) in [6, 6.07) is 20.6. The van der Waals surface area contributed by atoms with Gasteiger partial charge >= 0.3 is 0 Å². The monoisotopic (exact) mass is 540 g/mol. The zero-order valence-corrected chi connectivity index (χ0v) is 23.2. The fourth-order valence-electron chi connectivity index (χ4n) is 4.46. The summed E-state index contributed by atoms with van der Waals surface area (Å²) in [5.41, 5.74) is 1.81. The summed E-state index contributed by atoms with van der Waals surface area (Å²) in [5.74, 6) is 0. The van der Waals surface area contributed by atoms with E-state index in [1.165, 1.54) is 0 Å². The van der Waals surface area contributed by atoms with Crippen LogP contribution in [-0.2, 0) is 20.0 Å². The lowest BCUT2D eigenvalue weighted by atomic mass is 10.1. The van der Waals surface area contributed by atoms with Crippen molar-refractivity contribution in [1.29, 1.82) is 0 Å². The standard InChI is InChI=1S/C27H32N4O4S2/c1-19(29-37(34,35)27-17-9-11-21-23(27)13-7-15-25(21)31(4)5)18-28-36(32,33)26-16-8-10-20-22(26)12-6-14-24(20)30(2)3/h6-17,19,28-29H,18H2,1-5H3. The van der Waals surface area contributed by atoms with Crippen LogP contribution in [0.4, 0.5) is 11.4 Å². The maximum atomic E-state index is 13.3. The van der Waals surface area contributed by atoms with Gasteiger partial charge in [-0.1, -0.05) is 48.5 Å². The maximum Gasteiger partial charge on any atom is 0.241 e. The van der Waals surface area contributed by atoms with Crippen molar-refractivity contribution in [3.8, 4) is 0 Å². The number of hydrogen-bond acceptors (Lipinski definition) is 6. The van der Waals surface area contributed by atoms with Crippen LogP contribution in [0.1, 0.15) is 6.92 Å². The zero-order chi connectivity index (χ0) is 27.0. The molecular formula is C27H32N4O4S2. The first-order chi connectivity index (χ1) is 17.4. The summed E-state index contributed by atoms with van der Waals surface area (Å²) < 4.78 is 58.3. The van der Waals surface area contributed by atoms with Gasteiger partial charge in [0.2, 0.25) is 20.0 Å². The highest BCUT2D eigenvalue weighted by Crippen LogP contribution is 2.31. The number of rotatable bonds is 9. The van der Waals surface area contributed by atoms with Crippen molar-refractivity contribution in [1.82, 2.24) is 9.44 Å². The van der Waals surface area contributed by atoms with Crippen LogP contribution in [0.15, 0.2) is 82.6 Å². The molecule has 0 aromatic heterocycles. The molecule has 37 heavy (non-hydrogen) atoms. The second-order valence-corrected chi connectivity index (χ2v) is 12.8. The molecule has 0 aliphatic heterocycles.